The summed E-state index contributed by atoms with van der Waals surface area (Å²) in [5.74, 6) is -0.178. The van der Waals surface area contributed by atoms with Gasteiger partial charge in [-0.2, -0.15) is 13.2 Å². The molecule has 9 heteroatoms. The van der Waals surface area contributed by atoms with Crippen LogP contribution in [0.1, 0.15) is 18.4 Å². The maximum Gasteiger partial charge on any atom is 0.417 e. The van der Waals surface area contributed by atoms with Gasteiger partial charge in [0.15, 0.2) is 9.84 Å². The van der Waals surface area contributed by atoms with E-state index in [2.05, 4.69) is 5.32 Å². The smallest absolute Gasteiger partial charge is 0.341 e. The molecular weight excluding hydrogens is 345 g/mol. The van der Waals surface area contributed by atoms with E-state index >= 15 is 0 Å². The molecule has 2 atom stereocenters. The largest absolute Gasteiger partial charge is 0.417 e. The molecule has 0 aliphatic carbocycles. The van der Waals surface area contributed by atoms with Crippen molar-refractivity contribution >= 4 is 15.7 Å². The summed E-state index contributed by atoms with van der Waals surface area (Å²) in [6.45, 7) is 1.26. The molecule has 0 radical (unpaired) electrons. The summed E-state index contributed by atoms with van der Waals surface area (Å²) in [6, 6.07) is 3.52. The van der Waals surface area contributed by atoms with Gasteiger partial charge in [-0.15, -0.1) is 0 Å². The van der Waals surface area contributed by atoms with Crippen molar-refractivity contribution in [2.24, 2.45) is 0 Å². The second-order valence-corrected chi connectivity index (χ2v) is 8.23. The number of nitrogens with zero attached hydrogens (tertiary/aromatic N) is 1. The lowest BCUT2D eigenvalue weighted by molar-refractivity contribution is -0.140. The topological polar surface area (TPSA) is 66.5 Å². The molecule has 132 valence electrons. The van der Waals surface area contributed by atoms with Crippen molar-refractivity contribution in [3.63, 3.8) is 0 Å². The number of carbonyl (C=O) groups is 1. The highest BCUT2D eigenvalue weighted by atomic mass is 32.2. The molecule has 5 nitrogen and oxygen atoms in total. The summed E-state index contributed by atoms with van der Waals surface area (Å²) in [6.07, 6.45) is -3.84. The fraction of sp³-hybridized carbons (Fsp3) is 0.533. The van der Waals surface area contributed by atoms with Crippen LogP contribution in [0, 0.1) is 0 Å². The molecule has 24 heavy (non-hydrogen) atoms. The zero-order valence-corrected chi connectivity index (χ0v) is 13.5. The molecule has 1 N–H and O–H groups in total. The van der Waals surface area contributed by atoms with Gasteiger partial charge in [-0.1, -0.05) is 12.1 Å². The third-order valence-corrected chi connectivity index (χ3v) is 6.70. The molecule has 0 saturated carbocycles. The lowest BCUT2D eigenvalue weighted by atomic mass is 10.1. The Morgan fingerprint density at radius 2 is 1.88 bits per heavy atom. The predicted octanol–water partition coefficient (Wildman–Crippen LogP) is 1.44. The minimum Gasteiger partial charge on any atom is -0.341 e. The first-order chi connectivity index (χ1) is 11.2. The Balaban J connectivity index is 1.83. The predicted molar refractivity (Wildman–Crippen MR) is 80.0 cm³/mol. The molecule has 1 aromatic rings. The van der Waals surface area contributed by atoms with Gasteiger partial charge in [-0.05, 0) is 25.0 Å². The lowest BCUT2D eigenvalue weighted by Gasteiger charge is -2.33. The van der Waals surface area contributed by atoms with E-state index in [1.807, 2.05) is 0 Å². The average Bonchev–Trinajstić information content (AvgIpc) is 2.95. The van der Waals surface area contributed by atoms with Crippen molar-refractivity contribution in [3.05, 3.63) is 29.8 Å². The van der Waals surface area contributed by atoms with Gasteiger partial charge in [0.2, 0.25) is 5.91 Å². The Morgan fingerprint density at radius 3 is 2.46 bits per heavy atom. The number of carbonyl (C=O) groups excluding carboxylic acids is 1. The number of hydrogen-bond acceptors (Lipinski definition) is 4. The van der Waals surface area contributed by atoms with Crippen molar-refractivity contribution < 1.29 is 26.4 Å². The first-order valence-corrected chi connectivity index (χ1v) is 9.18. The number of benzene rings is 1. The van der Waals surface area contributed by atoms with Crippen LogP contribution in [-0.2, 0) is 20.8 Å². The number of likely N-dealkylation sites (tertiary alicyclic amines) is 1. The molecular formula is C15H17F3N2O3S. The van der Waals surface area contributed by atoms with Gasteiger partial charge in [-0.3, -0.25) is 4.79 Å². The maximum absolute atomic E-state index is 13.1. The molecule has 2 heterocycles. The normalized spacial score (nSPS) is 24.7. The van der Waals surface area contributed by atoms with Crippen LogP contribution in [0.2, 0.25) is 0 Å². The molecule has 1 aromatic carbocycles. The number of sulfone groups is 1. The van der Waals surface area contributed by atoms with Crippen LogP contribution < -0.4 is 5.32 Å². The highest BCUT2D eigenvalue weighted by Gasteiger charge is 2.43. The highest BCUT2D eigenvalue weighted by molar-refractivity contribution is 7.92. The molecule has 2 aliphatic rings. The zero-order chi connectivity index (χ0) is 17.5. The second kappa shape index (κ2) is 6.03. The monoisotopic (exact) mass is 362 g/mol. The number of halogens is 3. The van der Waals surface area contributed by atoms with Crippen LogP contribution in [0.3, 0.4) is 0 Å². The Kier molecular flexibility index (Phi) is 4.33. The fourth-order valence-electron chi connectivity index (χ4n) is 3.01. The van der Waals surface area contributed by atoms with Gasteiger partial charge in [0.25, 0.3) is 0 Å². The second-order valence-electron chi connectivity index (χ2n) is 6.04. The van der Waals surface area contributed by atoms with Crippen LogP contribution in [0.15, 0.2) is 29.2 Å². The molecule has 2 aliphatic heterocycles. The third-order valence-electron chi connectivity index (χ3n) is 4.49. The summed E-state index contributed by atoms with van der Waals surface area (Å²) in [4.78, 5) is 13.1. The van der Waals surface area contributed by atoms with E-state index in [1.165, 1.54) is 6.07 Å². The standard InChI is InChI=1S/C15H17F3N2O3S/c16-15(17,18)11-4-1-2-5-13(11)24(22,23)10-8-12(19-9-10)14(21)20-6-3-7-20/h1-2,4-5,10,12,19H,3,6-9H2/t10-,12-/m0/s1. The van der Waals surface area contributed by atoms with E-state index in [4.69, 9.17) is 0 Å². The van der Waals surface area contributed by atoms with Crippen molar-refractivity contribution in [2.75, 3.05) is 19.6 Å². The van der Waals surface area contributed by atoms with Crippen LogP contribution in [0.4, 0.5) is 13.2 Å². The molecule has 3 rings (SSSR count). The SMILES string of the molecule is O=C([C@@H]1C[C@H](S(=O)(=O)c2ccccc2C(F)(F)F)CN1)N1CCC1. The van der Waals surface area contributed by atoms with E-state index in [-0.39, 0.29) is 18.9 Å². The summed E-state index contributed by atoms with van der Waals surface area (Å²) < 4.78 is 64.6. The molecule has 0 bridgehead atoms. The third kappa shape index (κ3) is 3.02. The van der Waals surface area contributed by atoms with Crippen LogP contribution >= 0.6 is 0 Å². The van der Waals surface area contributed by atoms with Gasteiger partial charge in [-0.25, -0.2) is 8.42 Å². The number of nitrogens with one attached hydrogen (secondary N) is 1. The summed E-state index contributed by atoms with van der Waals surface area (Å²) >= 11 is 0. The Morgan fingerprint density at radius 1 is 1.21 bits per heavy atom. The Hall–Kier alpha value is -1.61. The van der Waals surface area contributed by atoms with E-state index in [9.17, 15) is 26.4 Å². The maximum atomic E-state index is 13.1. The molecule has 2 saturated heterocycles. The summed E-state index contributed by atoms with van der Waals surface area (Å²) in [7, 11) is -4.19. The van der Waals surface area contributed by atoms with E-state index in [0.29, 0.717) is 13.1 Å². The lowest BCUT2D eigenvalue weighted by Crippen LogP contribution is -2.49. The summed E-state index contributed by atoms with van der Waals surface area (Å²) in [5, 5.41) is 1.79. The minimum atomic E-state index is -4.75. The number of amides is 1. The average molecular weight is 362 g/mol. The van der Waals surface area contributed by atoms with Gasteiger partial charge in [0.05, 0.1) is 21.8 Å². The first-order valence-electron chi connectivity index (χ1n) is 7.63. The summed E-state index contributed by atoms with van der Waals surface area (Å²) in [5.41, 5.74) is -1.16. The van der Waals surface area contributed by atoms with Crippen LogP contribution in [0.5, 0.6) is 0 Å². The van der Waals surface area contributed by atoms with Gasteiger partial charge in [0, 0.05) is 19.6 Å². The fourth-order valence-corrected chi connectivity index (χ4v) is 4.89. The molecule has 0 aromatic heterocycles. The molecule has 0 spiro atoms. The zero-order valence-electron chi connectivity index (χ0n) is 12.7. The Bertz CT molecular complexity index is 745. The first kappa shape index (κ1) is 17.2. The van der Waals surface area contributed by atoms with Gasteiger partial charge >= 0.3 is 6.18 Å². The highest BCUT2D eigenvalue weighted by Crippen LogP contribution is 2.36. The quantitative estimate of drug-likeness (QED) is 0.884. The number of alkyl halides is 3. The van der Waals surface area contributed by atoms with E-state index in [1.54, 1.807) is 4.90 Å². The van der Waals surface area contributed by atoms with Crippen molar-refractivity contribution in [1.29, 1.82) is 0 Å². The van der Waals surface area contributed by atoms with Gasteiger partial charge < -0.3 is 10.2 Å². The van der Waals surface area contributed by atoms with E-state index in [0.717, 1.165) is 24.6 Å². The number of hydrogen-bond donors (Lipinski definition) is 1. The molecule has 0 unspecified atom stereocenters. The number of rotatable bonds is 3. The van der Waals surface area contributed by atoms with Gasteiger partial charge in [0.1, 0.15) is 0 Å². The van der Waals surface area contributed by atoms with Crippen molar-refractivity contribution in [3.8, 4) is 0 Å². The van der Waals surface area contributed by atoms with E-state index < -0.39 is 37.8 Å². The minimum absolute atomic E-state index is 0.0101. The van der Waals surface area contributed by atoms with Crippen LogP contribution in [-0.4, -0.2) is 50.2 Å². The van der Waals surface area contributed by atoms with Crippen molar-refractivity contribution in [2.45, 2.75) is 35.2 Å². The molecule has 1 amide bonds. The Labute approximate surface area is 137 Å². The van der Waals surface area contributed by atoms with Crippen LogP contribution in [0.25, 0.3) is 0 Å². The van der Waals surface area contributed by atoms with Crippen molar-refractivity contribution in [1.82, 2.24) is 10.2 Å². The molecule has 2 fully saturated rings.